The Hall–Kier alpha value is -1.95. The SMILES string of the molecule is Cn1nnc2cc(C(=O)OC3([C@H]4CCOC4)CC3)ccc21. The number of carbonyl (C=O) groups excluding carboxylic acids is 1. The van der Waals surface area contributed by atoms with Gasteiger partial charge in [0.25, 0.3) is 0 Å². The van der Waals surface area contributed by atoms with Crippen LogP contribution in [0.25, 0.3) is 11.0 Å². The number of ether oxygens (including phenoxy) is 2. The first-order valence-electron chi connectivity index (χ1n) is 7.28. The van der Waals surface area contributed by atoms with Gasteiger partial charge in [-0.25, -0.2) is 9.48 Å². The second-order valence-electron chi connectivity index (χ2n) is 5.93. The van der Waals surface area contributed by atoms with E-state index >= 15 is 0 Å². The number of aryl methyl sites for hydroxylation is 1. The van der Waals surface area contributed by atoms with Gasteiger partial charge < -0.3 is 9.47 Å². The van der Waals surface area contributed by atoms with Crippen LogP contribution in [0.4, 0.5) is 0 Å². The maximum atomic E-state index is 12.4. The normalized spacial score (nSPS) is 23.4. The van der Waals surface area contributed by atoms with E-state index in [0.717, 1.165) is 31.4 Å². The Kier molecular flexibility index (Phi) is 2.75. The van der Waals surface area contributed by atoms with Crippen LogP contribution in [-0.4, -0.2) is 39.8 Å². The molecule has 1 saturated heterocycles. The molecule has 6 nitrogen and oxygen atoms in total. The van der Waals surface area contributed by atoms with Crippen LogP contribution in [0.3, 0.4) is 0 Å². The Morgan fingerprint density at radius 3 is 3.05 bits per heavy atom. The van der Waals surface area contributed by atoms with Crippen molar-refractivity contribution >= 4 is 17.0 Å². The summed E-state index contributed by atoms with van der Waals surface area (Å²) in [6.07, 6.45) is 2.87. The lowest BCUT2D eigenvalue weighted by Gasteiger charge is -2.22. The molecule has 2 aromatic rings. The first kappa shape index (κ1) is 12.8. The molecule has 2 fully saturated rings. The van der Waals surface area contributed by atoms with Crippen molar-refractivity contribution in [1.29, 1.82) is 0 Å². The number of hydrogen-bond acceptors (Lipinski definition) is 5. The molecule has 0 unspecified atom stereocenters. The average molecular weight is 287 g/mol. The van der Waals surface area contributed by atoms with Gasteiger partial charge in [-0.3, -0.25) is 0 Å². The fourth-order valence-electron chi connectivity index (χ4n) is 3.08. The van der Waals surface area contributed by atoms with Crippen molar-refractivity contribution in [2.75, 3.05) is 13.2 Å². The minimum absolute atomic E-state index is 0.271. The van der Waals surface area contributed by atoms with Gasteiger partial charge in [-0.05, 0) is 37.5 Å². The van der Waals surface area contributed by atoms with E-state index in [9.17, 15) is 4.79 Å². The molecule has 1 atom stereocenters. The first-order chi connectivity index (χ1) is 10.2. The number of carbonyl (C=O) groups is 1. The van der Waals surface area contributed by atoms with Gasteiger partial charge in [-0.15, -0.1) is 5.10 Å². The Morgan fingerprint density at radius 1 is 1.48 bits per heavy atom. The van der Waals surface area contributed by atoms with Gasteiger partial charge >= 0.3 is 5.97 Å². The number of benzene rings is 1. The zero-order valence-electron chi connectivity index (χ0n) is 11.9. The zero-order valence-corrected chi connectivity index (χ0v) is 11.9. The summed E-state index contributed by atoms with van der Waals surface area (Å²) in [5, 5.41) is 7.98. The highest BCUT2D eigenvalue weighted by Gasteiger charge is 2.54. The molecule has 1 aliphatic carbocycles. The van der Waals surface area contributed by atoms with Crippen LogP contribution in [0.2, 0.25) is 0 Å². The first-order valence-corrected chi connectivity index (χ1v) is 7.28. The summed E-state index contributed by atoms with van der Waals surface area (Å²) in [5.41, 5.74) is 1.86. The van der Waals surface area contributed by atoms with Crippen LogP contribution in [0, 0.1) is 5.92 Å². The number of hydrogen-bond donors (Lipinski definition) is 0. The van der Waals surface area contributed by atoms with E-state index in [1.165, 1.54) is 0 Å². The second kappa shape index (κ2) is 4.53. The lowest BCUT2D eigenvalue weighted by atomic mass is 9.99. The molecule has 0 radical (unpaired) electrons. The van der Waals surface area contributed by atoms with Gasteiger partial charge in [0.05, 0.1) is 17.7 Å². The van der Waals surface area contributed by atoms with E-state index in [-0.39, 0.29) is 11.6 Å². The molecule has 0 N–H and O–H groups in total. The third-order valence-electron chi connectivity index (χ3n) is 4.56. The number of aromatic nitrogens is 3. The molecule has 2 aliphatic rings. The molecular weight excluding hydrogens is 270 g/mol. The molecule has 2 heterocycles. The Bertz CT molecular complexity index is 699. The van der Waals surface area contributed by atoms with Crippen LogP contribution in [0.1, 0.15) is 29.6 Å². The van der Waals surface area contributed by atoms with Crippen LogP contribution in [-0.2, 0) is 16.5 Å². The lowest BCUT2D eigenvalue weighted by Crippen LogP contribution is -2.29. The number of rotatable bonds is 3. The molecule has 6 heteroatoms. The largest absolute Gasteiger partial charge is 0.455 e. The van der Waals surface area contributed by atoms with E-state index in [1.54, 1.807) is 16.8 Å². The molecular formula is C15H17N3O3. The molecule has 1 aliphatic heterocycles. The summed E-state index contributed by atoms with van der Waals surface area (Å²) < 4.78 is 12.9. The van der Waals surface area contributed by atoms with Gasteiger partial charge in [-0.1, -0.05) is 5.21 Å². The fourth-order valence-corrected chi connectivity index (χ4v) is 3.08. The maximum absolute atomic E-state index is 12.4. The number of esters is 1. The van der Waals surface area contributed by atoms with E-state index in [1.807, 2.05) is 13.1 Å². The summed E-state index contributed by atoms with van der Waals surface area (Å²) in [7, 11) is 1.83. The van der Waals surface area contributed by atoms with Crippen molar-refractivity contribution in [3.63, 3.8) is 0 Å². The van der Waals surface area contributed by atoms with Gasteiger partial charge in [0.15, 0.2) is 0 Å². The maximum Gasteiger partial charge on any atom is 0.338 e. The molecule has 21 heavy (non-hydrogen) atoms. The molecule has 1 saturated carbocycles. The quantitative estimate of drug-likeness (QED) is 0.804. The van der Waals surface area contributed by atoms with E-state index in [2.05, 4.69) is 10.3 Å². The minimum Gasteiger partial charge on any atom is -0.455 e. The van der Waals surface area contributed by atoms with Crippen molar-refractivity contribution < 1.29 is 14.3 Å². The third-order valence-corrected chi connectivity index (χ3v) is 4.56. The van der Waals surface area contributed by atoms with Gasteiger partial charge in [0.2, 0.25) is 0 Å². The Morgan fingerprint density at radius 2 is 2.33 bits per heavy atom. The van der Waals surface area contributed by atoms with E-state index in [0.29, 0.717) is 23.6 Å². The monoisotopic (exact) mass is 287 g/mol. The van der Waals surface area contributed by atoms with Crippen LogP contribution >= 0.6 is 0 Å². The van der Waals surface area contributed by atoms with Crippen molar-refractivity contribution in [2.24, 2.45) is 13.0 Å². The molecule has 110 valence electrons. The number of fused-ring (bicyclic) bond motifs is 1. The van der Waals surface area contributed by atoms with E-state index in [4.69, 9.17) is 9.47 Å². The smallest absolute Gasteiger partial charge is 0.338 e. The van der Waals surface area contributed by atoms with Crippen molar-refractivity contribution in [3.8, 4) is 0 Å². The van der Waals surface area contributed by atoms with E-state index < -0.39 is 0 Å². The van der Waals surface area contributed by atoms with Crippen molar-refractivity contribution in [3.05, 3.63) is 23.8 Å². The van der Waals surface area contributed by atoms with Gasteiger partial charge in [0, 0.05) is 19.6 Å². The highest BCUT2D eigenvalue weighted by atomic mass is 16.6. The summed E-state index contributed by atoms with van der Waals surface area (Å²) in [5.74, 6) is 0.0775. The fraction of sp³-hybridized carbons (Fsp3) is 0.533. The highest BCUT2D eigenvalue weighted by molar-refractivity contribution is 5.93. The topological polar surface area (TPSA) is 66.2 Å². The molecule has 0 amide bonds. The lowest BCUT2D eigenvalue weighted by molar-refractivity contribution is 0.000850. The predicted octanol–water partition coefficient (Wildman–Crippen LogP) is 1.69. The Balaban J connectivity index is 1.56. The van der Waals surface area contributed by atoms with Crippen molar-refractivity contribution in [2.45, 2.75) is 24.9 Å². The number of nitrogens with zero attached hydrogens (tertiary/aromatic N) is 3. The van der Waals surface area contributed by atoms with Crippen LogP contribution in [0.15, 0.2) is 18.2 Å². The van der Waals surface area contributed by atoms with Crippen LogP contribution < -0.4 is 0 Å². The Labute approximate surface area is 122 Å². The zero-order chi connectivity index (χ0) is 14.4. The van der Waals surface area contributed by atoms with Gasteiger partial charge in [-0.2, -0.15) is 0 Å². The second-order valence-corrected chi connectivity index (χ2v) is 5.93. The molecule has 0 spiro atoms. The molecule has 0 bridgehead atoms. The highest BCUT2D eigenvalue weighted by Crippen LogP contribution is 2.49. The predicted molar refractivity (Wildman–Crippen MR) is 74.8 cm³/mol. The summed E-state index contributed by atoms with van der Waals surface area (Å²) >= 11 is 0. The van der Waals surface area contributed by atoms with Crippen LogP contribution in [0.5, 0.6) is 0 Å². The molecule has 1 aromatic carbocycles. The van der Waals surface area contributed by atoms with Gasteiger partial charge in [0.1, 0.15) is 11.1 Å². The molecule has 4 rings (SSSR count). The van der Waals surface area contributed by atoms with Crippen molar-refractivity contribution in [1.82, 2.24) is 15.0 Å². The minimum atomic E-state index is -0.287. The average Bonchev–Trinajstić information content (AvgIpc) is 2.91. The summed E-state index contributed by atoms with van der Waals surface area (Å²) in [4.78, 5) is 12.4. The molecule has 1 aromatic heterocycles. The standard InChI is InChI=1S/C15H17N3O3/c1-18-13-3-2-10(8-12(13)16-17-18)14(19)21-15(5-6-15)11-4-7-20-9-11/h2-3,8,11H,4-7,9H2,1H3/t11-/m0/s1. The summed E-state index contributed by atoms with van der Waals surface area (Å²) in [6, 6.07) is 5.37. The third kappa shape index (κ3) is 2.10. The summed E-state index contributed by atoms with van der Waals surface area (Å²) in [6.45, 7) is 1.48.